The Bertz CT molecular complexity index is 1580. The number of nitrogens with two attached hydrogens (primary N) is 1. The Kier molecular flexibility index (Phi) is 9.44. The maximum atomic E-state index is 13.3. The molecule has 5 N–H and O–H groups in total. The fourth-order valence-electron chi connectivity index (χ4n) is 6.00. The molecule has 4 heterocycles. The molecule has 1 aliphatic carbocycles. The number of allylic oxidation sites excluding steroid dienone is 2. The molecule has 6 rings (SSSR count). The third kappa shape index (κ3) is 6.11. The fraction of sp³-hybridized carbons (Fsp3) is 0.379. The van der Waals surface area contributed by atoms with Crippen molar-refractivity contribution in [2.24, 2.45) is 5.16 Å². The number of phenols is 1. The van der Waals surface area contributed by atoms with Gasteiger partial charge in [-0.25, -0.2) is 9.78 Å². The van der Waals surface area contributed by atoms with Crippen LogP contribution >= 0.6 is 11.3 Å². The number of aromatic hydroxyl groups is 1. The zero-order valence-corrected chi connectivity index (χ0v) is 23.9. The van der Waals surface area contributed by atoms with E-state index in [9.17, 15) is 29.4 Å². The number of thiazole rings is 1. The van der Waals surface area contributed by atoms with E-state index in [1.54, 1.807) is 28.5 Å². The number of benzene rings is 1. The molecule has 1 aromatic heterocycles. The molecule has 1 aromatic carbocycles. The predicted molar refractivity (Wildman–Crippen MR) is 163 cm³/mol. The molecule has 0 bridgehead atoms. The van der Waals surface area contributed by atoms with Crippen molar-refractivity contribution in [1.82, 2.24) is 15.2 Å². The Labute approximate surface area is 278 Å². The molecule has 226 valence electrons. The Balaban J connectivity index is 0.00000384. The monoisotopic (exact) mass is 630 g/mol. The van der Waals surface area contributed by atoms with E-state index in [4.69, 9.17) is 10.6 Å². The summed E-state index contributed by atoms with van der Waals surface area (Å²) in [5.74, 6) is -2.70. The van der Waals surface area contributed by atoms with Crippen molar-refractivity contribution in [2.45, 2.75) is 63.1 Å². The van der Waals surface area contributed by atoms with Crippen LogP contribution in [0.2, 0.25) is 0 Å². The summed E-state index contributed by atoms with van der Waals surface area (Å²) in [6.45, 7) is 0.406. The zero-order chi connectivity index (χ0) is 30.2. The van der Waals surface area contributed by atoms with Crippen LogP contribution < -0.4 is 16.0 Å². The minimum atomic E-state index is -1.29. The standard InChI is InChI=1S/C29H30N6O7S.Na.H/c30-29-31-20(14-43-29)22(33-42-19-3-1-2-4-19)25(37)32-23-21-10-5-15(24(28(40)41)35(21)27(23)39)13-16-11-12-34(26(16)38)17-6-8-18(36)9-7-17;;/h6-9,13-14,19,21,23,36H,1-5,10-12H2,(H2,30,31)(H,32,37)(H,40,41);;/b16-13?,33-22-;;/t21-,23+;;/m1../s1. The number of hydrogen-bond acceptors (Lipinski definition) is 10. The molecule has 3 aliphatic heterocycles. The van der Waals surface area contributed by atoms with Crippen LogP contribution in [-0.2, 0) is 24.0 Å². The van der Waals surface area contributed by atoms with E-state index in [0.717, 1.165) is 37.0 Å². The number of nitrogens with zero attached hydrogens (tertiary/aromatic N) is 4. The first-order valence-corrected chi connectivity index (χ1v) is 15.0. The van der Waals surface area contributed by atoms with Gasteiger partial charge in [0, 0.05) is 23.2 Å². The fourth-order valence-corrected chi connectivity index (χ4v) is 6.55. The van der Waals surface area contributed by atoms with Crippen LogP contribution in [-0.4, -0.2) is 104 Å². The van der Waals surface area contributed by atoms with Crippen molar-refractivity contribution in [2.75, 3.05) is 17.2 Å². The maximum absolute atomic E-state index is 13.3. The molecule has 2 saturated heterocycles. The Morgan fingerprint density at radius 2 is 1.86 bits per heavy atom. The molecular formula is C29H31N6NaO7S. The average molecular weight is 631 g/mol. The molecule has 3 fully saturated rings. The van der Waals surface area contributed by atoms with Crippen molar-refractivity contribution >= 4 is 81.1 Å². The quantitative estimate of drug-likeness (QED) is 0.111. The van der Waals surface area contributed by atoms with Gasteiger partial charge in [0.15, 0.2) is 10.8 Å². The van der Waals surface area contributed by atoms with Crippen molar-refractivity contribution in [3.63, 3.8) is 0 Å². The Morgan fingerprint density at radius 3 is 2.52 bits per heavy atom. The minimum absolute atomic E-state index is 0. The molecule has 13 nitrogen and oxygen atoms in total. The average Bonchev–Trinajstić information content (AvgIpc) is 3.75. The summed E-state index contributed by atoms with van der Waals surface area (Å²) in [6, 6.07) is 4.72. The second-order valence-corrected chi connectivity index (χ2v) is 11.7. The van der Waals surface area contributed by atoms with Crippen LogP contribution in [0.5, 0.6) is 5.75 Å². The van der Waals surface area contributed by atoms with Crippen molar-refractivity contribution in [1.29, 1.82) is 0 Å². The summed E-state index contributed by atoms with van der Waals surface area (Å²) in [6.07, 6.45) is 6.25. The number of phenolic OH excluding ortho intramolecular Hbond substituents is 1. The van der Waals surface area contributed by atoms with E-state index >= 15 is 0 Å². The van der Waals surface area contributed by atoms with Gasteiger partial charge in [-0.3, -0.25) is 19.3 Å². The van der Waals surface area contributed by atoms with Gasteiger partial charge in [0.2, 0.25) is 0 Å². The second-order valence-electron chi connectivity index (χ2n) is 10.9. The molecular weight excluding hydrogens is 599 g/mol. The Hall–Kier alpha value is -3.72. The van der Waals surface area contributed by atoms with Gasteiger partial charge < -0.3 is 31.0 Å². The summed E-state index contributed by atoms with van der Waals surface area (Å²) >= 11 is 1.14. The number of aromatic nitrogens is 1. The number of amides is 3. The molecule has 44 heavy (non-hydrogen) atoms. The van der Waals surface area contributed by atoms with E-state index in [-0.39, 0.29) is 69.6 Å². The van der Waals surface area contributed by atoms with Crippen molar-refractivity contribution in [3.8, 4) is 5.75 Å². The number of carbonyl (C=O) groups is 4. The number of nitrogen functional groups attached to an aromatic ring is 1. The second kappa shape index (κ2) is 13.1. The number of carbonyl (C=O) groups excluding carboxylic acids is 3. The van der Waals surface area contributed by atoms with Gasteiger partial charge in [0.25, 0.3) is 17.7 Å². The van der Waals surface area contributed by atoms with Crippen LogP contribution in [0.4, 0.5) is 10.8 Å². The number of anilines is 2. The number of hydrogen-bond donors (Lipinski definition) is 4. The third-order valence-electron chi connectivity index (χ3n) is 8.17. The number of aliphatic carboxylic acids is 1. The molecule has 0 unspecified atom stereocenters. The van der Waals surface area contributed by atoms with Crippen LogP contribution in [0.25, 0.3) is 0 Å². The van der Waals surface area contributed by atoms with Crippen molar-refractivity contribution < 1.29 is 34.2 Å². The van der Waals surface area contributed by atoms with Gasteiger partial charge in [-0.2, -0.15) is 0 Å². The molecule has 2 aromatic rings. The van der Waals surface area contributed by atoms with Crippen LogP contribution in [0.1, 0.15) is 50.6 Å². The number of carboxylic acids is 1. The number of nitrogens with one attached hydrogen (secondary N) is 1. The van der Waals surface area contributed by atoms with Gasteiger partial charge in [0.1, 0.15) is 29.3 Å². The SMILES string of the molecule is Nc1nc(/C(=N/OC2CCCC2)C(=O)N[C@@H]2C(=O)N3C(C(=O)O)=C(C=C4CCN(c5ccc(O)cc5)C4=O)CC[C@H]23)cs1.[NaH]. The molecule has 0 radical (unpaired) electrons. The van der Waals surface area contributed by atoms with E-state index in [2.05, 4.69) is 15.5 Å². The van der Waals surface area contributed by atoms with Gasteiger partial charge in [-0.1, -0.05) is 5.16 Å². The van der Waals surface area contributed by atoms with E-state index in [1.165, 1.54) is 17.0 Å². The number of rotatable bonds is 8. The summed E-state index contributed by atoms with van der Waals surface area (Å²) < 4.78 is 0. The van der Waals surface area contributed by atoms with Crippen LogP contribution in [0.3, 0.4) is 0 Å². The molecule has 1 saturated carbocycles. The topological polar surface area (TPSA) is 188 Å². The summed E-state index contributed by atoms with van der Waals surface area (Å²) in [5, 5.41) is 28.3. The first-order chi connectivity index (χ1) is 20.7. The van der Waals surface area contributed by atoms with Gasteiger partial charge in [-0.15, -0.1) is 11.3 Å². The first kappa shape index (κ1) is 31.7. The van der Waals surface area contributed by atoms with Crippen LogP contribution in [0, 0.1) is 0 Å². The summed E-state index contributed by atoms with van der Waals surface area (Å²) in [5.41, 5.74) is 7.14. The molecule has 0 spiro atoms. The van der Waals surface area contributed by atoms with E-state index in [0.29, 0.717) is 42.6 Å². The first-order valence-electron chi connectivity index (χ1n) is 14.1. The van der Waals surface area contributed by atoms with Gasteiger partial charge in [-0.05, 0) is 80.9 Å². The normalized spacial score (nSPS) is 23.0. The molecule has 15 heteroatoms. The van der Waals surface area contributed by atoms with E-state index in [1.807, 2.05) is 0 Å². The number of β-lactam (4-membered cyclic amide) rings is 1. The van der Waals surface area contributed by atoms with Crippen molar-refractivity contribution in [3.05, 3.63) is 58.3 Å². The molecule has 3 amide bonds. The number of carboxylic acid groups (broad SMARTS) is 1. The predicted octanol–water partition coefficient (Wildman–Crippen LogP) is 1.64. The summed E-state index contributed by atoms with van der Waals surface area (Å²) in [4.78, 5) is 64.6. The van der Waals surface area contributed by atoms with Gasteiger partial charge in [0.05, 0.1) is 6.04 Å². The van der Waals surface area contributed by atoms with Gasteiger partial charge >= 0.3 is 35.5 Å². The van der Waals surface area contributed by atoms with Crippen LogP contribution in [0.15, 0.2) is 57.7 Å². The number of oxime groups is 1. The molecule has 2 atom stereocenters. The molecule has 4 aliphatic rings. The summed E-state index contributed by atoms with van der Waals surface area (Å²) in [7, 11) is 0. The Morgan fingerprint density at radius 1 is 1.14 bits per heavy atom. The van der Waals surface area contributed by atoms with E-state index < -0.39 is 29.9 Å². The number of fused-ring (bicyclic) bond motifs is 1. The zero-order valence-electron chi connectivity index (χ0n) is 23.1. The third-order valence-corrected chi connectivity index (χ3v) is 8.85.